The monoisotopic (exact) mass is 624 g/mol. The predicted molar refractivity (Wildman–Crippen MR) is 128 cm³/mol. The number of aromatic carboxylic acids is 1. The van der Waals surface area contributed by atoms with Crippen LogP contribution in [0.15, 0.2) is 122 Å². The summed E-state index contributed by atoms with van der Waals surface area (Å²) >= 11 is 0. The summed E-state index contributed by atoms with van der Waals surface area (Å²) in [5.74, 6) is -0.990. The number of carboxylic acids is 1. The third-order valence-electron chi connectivity index (χ3n) is 4.18. The van der Waals surface area contributed by atoms with E-state index in [1.807, 2.05) is 84.9 Å². The van der Waals surface area contributed by atoms with Gasteiger partial charge < -0.3 is 15.1 Å². The Kier molecular flexibility index (Phi) is 11.6. The van der Waals surface area contributed by atoms with Crippen LogP contribution in [0.5, 0.6) is 0 Å². The largest absolute Gasteiger partial charge is 0.477 e. The Labute approximate surface area is 212 Å². The van der Waals surface area contributed by atoms with Crippen LogP contribution in [0.1, 0.15) is 10.5 Å². The summed E-state index contributed by atoms with van der Waals surface area (Å²) < 4.78 is 0. The summed E-state index contributed by atoms with van der Waals surface area (Å²) in [5.41, 5.74) is 4.10. The van der Waals surface area contributed by atoms with Crippen LogP contribution in [0.25, 0.3) is 22.5 Å². The maximum atomic E-state index is 10.1. The Morgan fingerprint density at radius 2 is 1.03 bits per heavy atom. The first-order chi connectivity index (χ1) is 16.2. The zero-order chi connectivity index (χ0) is 23.1. The van der Waals surface area contributed by atoms with Gasteiger partial charge in [0, 0.05) is 38.7 Å². The van der Waals surface area contributed by atoms with Gasteiger partial charge in [-0.2, -0.15) is 0 Å². The molecule has 3 heterocycles. The van der Waals surface area contributed by atoms with Crippen molar-refractivity contribution in [2.24, 2.45) is 0 Å². The van der Waals surface area contributed by atoms with E-state index in [1.165, 1.54) is 12.3 Å². The number of rotatable bonds is 3. The Hall–Kier alpha value is -3.99. The molecule has 0 unspecified atom stereocenters. The molecule has 2 aromatic carbocycles. The van der Waals surface area contributed by atoms with E-state index in [0.29, 0.717) is 0 Å². The molecule has 0 amide bonds. The number of aromatic nitrogens is 3. The third-order valence-corrected chi connectivity index (χ3v) is 4.18. The molecule has 5 aromatic rings. The van der Waals surface area contributed by atoms with Gasteiger partial charge in [-0.3, -0.25) is 0 Å². The van der Waals surface area contributed by atoms with Crippen molar-refractivity contribution in [2.45, 2.75) is 0 Å². The number of carbonyl (C=O) groups is 1. The fourth-order valence-electron chi connectivity index (χ4n) is 2.64. The number of nitrogens with zero attached hydrogens (tertiary/aromatic N) is 3. The molecule has 0 saturated heterocycles. The molecule has 6 heteroatoms. The molecule has 0 aliphatic rings. The summed E-state index contributed by atoms with van der Waals surface area (Å²) in [4.78, 5) is 22.2. The number of benzene rings is 2. The first kappa shape index (κ1) is 26.3. The standard InChI is InChI=1S/2C11H8N.C6H5NO2.Ir/c2*1-2-6-10(7-3-1)11-8-4-5-9-12-11;8-6(9)5-3-1-2-4-7-5;/h2*1-6,8-9H;1-4H,(H,8,9);/q2*-1;;. The van der Waals surface area contributed by atoms with Gasteiger partial charge in [0.05, 0.1) is 0 Å². The summed E-state index contributed by atoms with van der Waals surface area (Å²) in [7, 11) is 0. The summed E-state index contributed by atoms with van der Waals surface area (Å²) in [6, 6.07) is 38.4. The average molecular weight is 624 g/mol. The number of carboxylic acid groups (broad SMARTS) is 1. The molecule has 0 aliphatic heterocycles. The minimum atomic E-state index is -0.990. The van der Waals surface area contributed by atoms with Gasteiger partial charge in [-0.1, -0.05) is 30.3 Å². The molecule has 0 fully saturated rings. The molecule has 0 bridgehead atoms. The molecule has 0 atom stereocenters. The zero-order valence-corrected chi connectivity index (χ0v) is 20.5. The first-order valence-corrected chi connectivity index (χ1v) is 10.1. The van der Waals surface area contributed by atoms with Crippen LogP contribution in [0.2, 0.25) is 0 Å². The summed E-state index contributed by atoms with van der Waals surface area (Å²) in [5, 5.41) is 8.32. The molecule has 0 aliphatic carbocycles. The molecule has 3 aromatic heterocycles. The molecular weight excluding hydrogens is 603 g/mol. The second-order valence-corrected chi connectivity index (χ2v) is 6.50. The maximum Gasteiger partial charge on any atom is 0.354 e. The number of hydrogen-bond donors (Lipinski definition) is 1. The smallest absolute Gasteiger partial charge is 0.354 e. The SMILES string of the molecule is O=C(O)c1ccccn1.[Ir].[c-]1ccccc1-c1ccccn1.[c-]1ccccc1-c1ccccn1. The summed E-state index contributed by atoms with van der Waals surface area (Å²) in [6.07, 6.45) is 5.02. The molecular formula is C28H21IrN3O2-2. The van der Waals surface area contributed by atoms with Crippen LogP contribution >= 0.6 is 0 Å². The molecule has 34 heavy (non-hydrogen) atoms. The zero-order valence-electron chi connectivity index (χ0n) is 18.1. The van der Waals surface area contributed by atoms with Gasteiger partial charge in [0.15, 0.2) is 0 Å². The minimum Gasteiger partial charge on any atom is -0.477 e. The topological polar surface area (TPSA) is 76.0 Å². The van der Waals surface area contributed by atoms with Crippen molar-refractivity contribution in [1.82, 2.24) is 15.0 Å². The first-order valence-electron chi connectivity index (χ1n) is 10.1. The van der Waals surface area contributed by atoms with Crippen LogP contribution in [-0.2, 0) is 20.1 Å². The summed E-state index contributed by atoms with van der Waals surface area (Å²) in [6.45, 7) is 0. The molecule has 5 nitrogen and oxygen atoms in total. The van der Waals surface area contributed by atoms with E-state index in [-0.39, 0.29) is 25.8 Å². The minimum absolute atomic E-state index is 0. The Morgan fingerprint density at radius 1 is 0.588 bits per heavy atom. The average Bonchev–Trinajstić information content (AvgIpc) is 2.92. The fraction of sp³-hybridized carbons (Fsp3) is 0. The van der Waals surface area contributed by atoms with Crippen LogP contribution in [0.3, 0.4) is 0 Å². The van der Waals surface area contributed by atoms with Gasteiger partial charge in [-0.05, 0) is 35.7 Å². The van der Waals surface area contributed by atoms with Gasteiger partial charge in [0.25, 0.3) is 0 Å². The van der Waals surface area contributed by atoms with Crippen molar-refractivity contribution in [3.63, 3.8) is 0 Å². The predicted octanol–water partition coefficient (Wildman–Crippen LogP) is 5.87. The normalized spacial score (nSPS) is 9.18. The van der Waals surface area contributed by atoms with Gasteiger partial charge >= 0.3 is 5.97 Å². The second-order valence-electron chi connectivity index (χ2n) is 6.50. The second kappa shape index (κ2) is 15.0. The van der Waals surface area contributed by atoms with E-state index in [9.17, 15) is 4.79 Å². The van der Waals surface area contributed by atoms with Gasteiger partial charge in [-0.15, -0.1) is 71.8 Å². The quantitative estimate of drug-likeness (QED) is 0.255. The van der Waals surface area contributed by atoms with Crippen LogP contribution < -0.4 is 0 Å². The maximum absolute atomic E-state index is 10.1. The number of hydrogen-bond acceptors (Lipinski definition) is 4. The van der Waals surface area contributed by atoms with Crippen molar-refractivity contribution in [2.75, 3.05) is 0 Å². The Balaban J connectivity index is 0.000000180. The van der Waals surface area contributed by atoms with Crippen molar-refractivity contribution in [3.8, 4) is 22.5 Å². The van der Waals surface area contributed by atoms with E-state index < -0.39 is 5.97 Å². The molecule has 5 rings (SSSR count). The van der Waals surface area contributed by atoms with Crippen molar-refractivity contribution >= 4 is 5.97 Å². The van der Waals surface area contributed by atoms with Crippen LogP contribution in [0.4, 0.5) is 0 Å². The molecule has 1 N–H and O–H groups in total. The fourth-order valence-corrected chi connectivity index (χ4v) is 2.64. The van der Waals surface area contributed by atoms with E-state index in [1.54, 1.807) is 24.5 Å². The molecule has 1 radical (unpaired) electrons. The Bertz CT molecular complexity index is 1060. The number of pyridine rings is 3. The van der Waals surface area contributed by atoms with E-state index in [4.69, 9.17) is 5.11 Å². The van der Waals surface area contributed by atoms with Crippen LogP contribution in [0, 0.1) is 12.1 Å². The third kappa shape index (κ3) is 8.87. The van der Waals surface area contributed by atoms with E-state index >= 15 is 0 Å². The van der Waals surface area contributed by atoms with Gasteiger partial charge in [0.2, 0.25) is 0 Å². The van der Waals surface area contributed by atoms with Gasteiger partial charge in [-0.25, -0.2) is 9.78 Å². The van der Waals surface area contributed by atoms with Crippen molar-refractivity contribution in [3.05, 3.63) is 140 Å². The van der Waals surface area contributed by atoms with Crippen molar-refractivity contribution < 1.29 is 30.0 Å². The van der Waals surface area contributed by atoms with Crippen molar-refractivity contribution in [1.29, 1.82) is 0 Å². The van der Waals surface area contributed by atoms with Crippen LogP contribution in [-0.4, -0.2) is 26.0 Å². The molecule has 171 valence electrons. The van der Waals surface area contributed by atoms with E-state index in [0.717, 1.165) is 22.5 Å². The Morgan fingerprint density at radius 3 is 1.32 bits per heavy atom. The van der Waals surface area contributed by atoms with E-state index in [2.05, 4.69) is 27.1 Å². The molecule has 0 spiro atoms. The van der Waals surface area contributed by atoms with Gasteiger partial charge in [0.1, 0.15) is 5.69 Å². The molecule has 0 saturated carbocycles.